The first-order chi connectivity index (χ1) is 21.4. The van der Waals surface area contributed by atoms with Gasteiger partial charge in [-0.05, 0) is 68.8 Å². The predicted molar refractivity (Wildman–Crippen MR) is 172 cm³/mol. The number of carbonyl (C=O) groups excluding carboxylic acids is 1. The number of nitrogens with zero attached hydrogens (tertiary/aromatic N) is 7. The zero-order valence-electron chi connectivity index (χ0n) is 25.2. The number of benzene rings is 2. The van der Waals surface area contributed by atoms with Crippen LogP contribution >= 0.6 is 11.6 Å². The van der Waals surface area contributed by atoms with Gasteiger partial charge in [-0.2, -0.15) is 15.2 Å². The van der Waals surface area contributed by atoms with Crippen molar-refractivity contribution < 1.29 is 9.53 Å². The fourth-order valence-electron chi connectivity index (χ4n) is 7.90. The Balaban J connectivity index is 1.23. The fourth-order valence-corrected chi connectivity index (χ4v) is 8.18. The Morgan fingerprint density at radius 2 is 1.98 bits per heavy atom. The second-order valence-electron chi connectivity index (χ2n) is 12.6. The summed E-state index contributed by atoms with van der Waals surface area (Å²) >= 11 is 6.72. The molecule has 4 aliphatic heterocycles. The Hall–Kier alpha value is -3.87. The van der Waals surface area contributed by atoms with Crippen LogP contribution in [0.3, 0.4) is 0 Å². The minimum atomic E-state index is -0.497. The lowest BCUT2D eigenvalue weighted by Gasteiger charge is -2.35. The number of hydrogen-bond acceptors (Lipinski definition) is 8. The van der Waals surface area contributed by atoms with Crippen LogP contribution in [0, 0.1) is 11.3 Å². The van der Waals surface area contributed by atoms with E-state index in [4.69, 9.17) is 26.3 Å². The number of fused-ring (bicyclic) bond motifs is 3. The Morgan fingerprint density at radius 3 is 2.73 bits per heavy atom. The molecule has 5 heterocycles. The van der Waals surface area contributed by atoms with Crippen molar-refractivity contribution in [2.45, 2.75) is 62.7 Å². The quantitative estimate of drug-likeness (QED) is 0.346. The molecule has 9 nitrogen and oxygen atoms in total. The molecule has 7 rings (SSSR count). The molecule has 3 aromatic rings. The van der Waals surface area contributed by atoms with Gasteiger partial charge in [0.2, 0.25) is 5.91 Å². The molecular formula is C34H38ClN7O2. The highest BCUT2D eigenvalue weighted by molar-refractivity contribution is 6.36. The van der Waals surface area contributed by atoms with Gasteiger partial charge in [-0.3, -0.25) is 9.69 Å². The highest BCUT2D eigenvalue weighted by Gasteiger charge is 2.45. The van der Waals surface area contributed by atoms with Crippen molar-refractivity contribution in [1.29, 1.82) is 5.26 Å². The van der Waals surface area contributed by atoms with Crippen molar-refractivity contribution in [2.75, 3.05) is 49.6 Å². The van der Waals surface area contributed by atoms with Crippen molar-refractivity contribution in [1.82, 2.24) is 19.8 Å². The monoisotopic (exact) mass is 611 g/mol. The second kappa shape index (κ2) is 11.6. The van der Waals surface area contributed by atoms with Gasteiger partial charge in [0, 0.05) is 43.2 Å². The molecule has 1 amide bonds. The van der Waals surface area contributed by atoms with E-state index in [-0.39, 0.29) is 17.5 Å². The largest absolute Gasteiger partial charge is 0.461 e. The van der Waals surface area contributed by atoms with Gasteiger partial charge in [0.05, 0.1) is 34.9 Å². The van der Waals surface area contributed by atoms with E-state index >= 15 is 0 Å². The van der Waals surface area contributed by atoms with Crippen LogP contribution < -0.4 is 14.5 Å². The minimum Gasteiger partial charge on any atom is -0.461 e. The van der Waals surface area contributed by atoms with E-state index in [0.29, 0.717) is 32.1 Å². The van der Waals surface area contributed by atoms with Gasteiger partial charge in [0.15, 0.2) is 0 Å². The summed E-state index contributed by atoms with van der Waals surface area (Å²) in [5, 5.41) is 12.7. The molecule has 1 unspecified atom stereocenters. The smallest absolute Gasteiger partial charge is 0.318 e. The van der Waals surface area contributed by atoms with Gasteiger partial charge in [-0.25, -0.2) is 0 Å². The third-order valence-corrected chi connectivity index (χ3v) is 10.6. The summed E-state index contributed by atoms with van der Waals surface area (Å²) in [5.74, 6) is 0.602. The van der Waals surface area contributed by atoms with E-state index in [0.717, 1.165) is 77.5 Å². The molecule has 2 aromatic carbocycles. The normalized spacial score (nSPS) is 22.5. The average molecular weight is 612 g/mol. The molecule has 44 heavy (non-hydrogen) atoms. The Bertz CT molecular complexity index is 1640. The first kappa shape index (κ1) is 28.9. The average Bonchev–Trinajstić information content (AvgIpc) is 3.77. The summed E-state index contributed by atoms with van der Waals surface area (Å²) < 4.78 is 6.50. The molecular weight excluding hydrogens is 574 g/mol. The molecule has 4 aliphatic rings. The molecule has 3 saturated heterocycles. The molecule has 0 bridgehead atoms. The standard InChI is InChI=1S/C34H38ClN7O2/c1-3-30(43)42-20-25(18-24(42)19-36)39(2)32-26-12-17-40(29-11-5-9-23-8-4-10-27(35)31(23)29)21-28(26)37-33(38-32)44-22-34-13-6-15-41(34)16-7-14-34/h3-5,8-11,24-25H,1,6-7,12-18,20-22H2,2H3/t24-,25?/m0/s1. The van der Waals surface area contributed by atoms with E-state index in [1.807, 2.05) is 19.2 Å². The Labute approximate surface area is 263 Å². The fraction of sp³-hybridized carbons (Fsp3) is 0.471. The van der Waals surface area contributed by atoms with E-state index in [1.165, 1.54) is 18.9 Å². The van der Waals surface area contributed by atoms with Gasteiger partial charge in [0.25, 0.3) is 0 Å². The minimum absolute atomic E-state index is 0.0657. The third-order valence-electron chi connectivity index (χ3n) is 10.2. The number of rotatable bonds is 7. The topological polar surface area (TPSA) is 88.8 Å². The van der Waals surface area contributed by atoms with Gasteiger partial charge < -0.3 is 19.4 Å². The SMILES string of the molecule is C=CC(=O)N1CC(N(C)c2nc(OCC34CCCN3CCC4)nc3c2CCN(c2cccc4cccc(Cl)c24)C3)C[C@H]1C#N. The van der Waals surface area contributed by atoms with E-state index in [9.17, 15) is 10.1 Å². The number of aromatic nitrogens is 2. The molecule has 1 aromatic heterocycles. The maximum absolute atomic E-state index is 12.5. The zero-order chi connectivity index (χ0) is 30.4. The number of ether oxygens (including phenoxy) is 1. The lowest BCUT2D eigenvalue weighted by atomic mass is 9.95. The molecule has 0 saturated carbocycles. The third kappa shape index (κ3) is 4.94. The summed E-state index contributed by atoms with van der Waals surface area (Å²) in [4.78, 5) is 31.3. The number of nitriles is 1. The molecule has 2 atom stereocenters. The van der Waals surface area contributed by atoms with E-state index in [2.05, 4.69) is 51.6 Å². The van der Waals surface area contributed by atoms with Crippen LogP contribution in [0.1, 0.15) is 43.4 Å². The predicted octanol–water partition coefficient (Wildman–Crippen LogP) is 4.97. The summed E-state index contributed by atoms with van der Waals surface area (Å²) in [5.41, 5.74) is 3.19. The van der Waals surface area contributed by atoms with E-state index < -0.39 is 6.04 Å². The Morgan fingerprint density at radius 1 is 1.20 bits per heavy atom. The van der Waals surface area contributed by atoms with Crippen molar-refractivity contribution in [2.24, 2.45) is 0 Å². The lowest BCUT2D eigenvalue weighted by molar-refractivity contribution is -0.126. The van der Waals surface area contributed by atoms with Crippen LogP contribution in [0.25, 0.3) is 10.8 Å². The zero-order valence-corrected chi connectivity index (χ0v) is 26.0. The van der Waals surface area contributed by atoms with Crippen molar-refractivity contribution in [3.05, 3.63) is 65.3 Å². The maximum Gasteiger partial charge on any atom is 0.318 e. The van der Waals surface area contributed by atoms with Crippen LogP contribution in [-0.2, 0) is 17.8 Å². The number of likely N-dealkylation sites (tertiary alicyclic amines) is 1. The van der Waals surface area contributed by atoms with E-state index in [1.54, 1.807) is 4.90 Å². The summed E-state index contributed by atoms with van der Waals surface area (Å²) in [6, 6.07) is 14.5. The maximum atomic E-state index is 12.5. The number of hydrogen-bond donors (Lipinski definition) is 0. The number of anilines is 2. The number of halogens is 1. The first-order valence-corrected chi connectivity index (χ1v) is 16.0. The van der Waals surface area contributed by atoms with Crippen LogP contribution in [-0.4, -0.2) is 83.1 Å². The molecule has 0 radical (unpaired) electrons. The first-order valence-electron chi connectivity index (χ1n) is 15.7. The summed E-state index contributed by atoms with van der Waals surface area (Å²) in [6.45, 7) is 8.30. The summed E-state index contributed by atoms with van der Waals surface area (Å²) in [6.07, 6.45) is 7.27. The highest BCUT2D eigenvalue weighted by Crippen LogP contribution is 2.40. The molecule has 0 spiro atoms. The molecule has 0 aliphatic carbocycles. The van der Waals surface area contributed by atoms with Crippen LogP contribution in [0.5, 0.6) is 6.01 Å². The van der Waals surface area contributed by atoms with Crippen LogP contribution in [0.2, 0.25) is 5.02 Å². The van der Waals surface area contributed by atoms with Crippen molar-refractivity contribution in [3.8, 4) is 12.1 Å². The number of amides is 1. The van der Waals surface area contributed by atoms with Gasteiger partial charge in [-0.1, -0.05) is 42.4 Å². The molecule has 0 N–H and O–H groups in total. The molecule has 228 valence electrons. The number of carbonyl (C=O) groups is 1. The lowest BCUT2D eigenvalue weighted by Crippen LogP contribution is -2.44. The van der Waals surface area contributed by atoms with Gasteiger partial charge in [0.1, 0.15) is 18.5 Å². The highest BCUT2D eigenvalue weighted by atomic mass is 35.5. The molecule has 10 heteroatoms. The summed E-state index contributed by atoms with van der Waals surface area (Å²) in [7, 11) is 2.01. The van der Waals surface area contributed by atoms with Crippen molar-refractivity contribution >= 4 is 39.8 Å². The second-order valence-corrected chi connectivity index (χ2v) is 13.0. The van der Waals surface area contributed by atoms with Crippen LogP contribution in [0.15, 0.2) is 49.1 Å². The molecule has 3 fully saturated rings. The Kier molecular flexibility index (Phi) is 7.59. The number of likely N-dealkylation sites (N-methyl/N-ethyl adjacent to an activating group) is 1. The van der Waals surface area contributed by atoms with Crippen LogP contribution in [0.4, 0.5) is 11.5 Å². The van der Waals surface area contributed by atoms with Crippen molar-refractivity contribution in [3.63, 3.8) is 0 Å². The van der Waals surface area contributed by atoms with Gasteiger partial charge >= 0.3 is 6.01 Å². The van der Waals surface area contributed by atoms with Gasteiger partial charge in [-0.15, -0.1) is 0 Å².